The molecule has 1 aromatic heterocycles. The minimum atomic E-state index is -0.641. The molecule has 0 radical (unpaired) electrons. The molecule has 0 aliphatic heterocycles. The second kappa shape index (κ2) is 5.61. The van der Waals surface area contributed by atoms with E-state index in [1.54, 1.807) is 36.7 Å². The SMILES string of the molecule is O[C@@H](CNc1ncccn1)c1cccc(Cl)c1. The summed E-state index contributed by atoms with van der Waals surface area (Å²) in [5.41, 5.74) is 0.765. The van der Waals surface area contributed by atoms with Gasteiger partial charge in [-0.1, -0.05) is 23.7 Å². The summed E-state index contributed by atoms with van der Waals surface area (Å²) in [7, 11) is 0. The Morgan fingerprint density at radius 2 is 2.00 bits per heavy atom. The second-order valence-corrected chi connectivity index (χ2v) is 3.96. The smallest absolute Gasteiger partial charge is 0.222 e. The molecule has 2 rings (SSSR count). The van der Waals surface area contributed by atoms with E-state index in [9.17, 15) is 5.11 Å². The van der Waals surface area contributed by atoms with Gasteiger partial charge in [0.25, 0.3) is 0 Å². The van der Waals surface area contributed by atoms with Crippen molar-refractivity contribution in [1.29, 1.82) is 0 Å². The van der Waals surface area contributed by atoms with E-state index in [1.165, 1.54) is 0 Å². The highest BCUT2D eigenvalue weighted by molar-refractivity contribution is 6.30. The van der Waals surface area contributed by atoms with Gasteiger partial charge in [-0.15, -0.1) is 0 Å². The van der Waals surface area contributed by atoms with Crippen LogP contribution in [0.3, 0.4) is 0 Å². The van der Waals surface area contributed by atoms with E-state index < -0.39 is 6.10 Å². The van der Waals surface area contributed by atoms with E-state index in [-0.39, 0.29) is 0 Å². The van der Waals surface area contributed by atoms with E-state index in [0.717, 1.165) is 5.56 Å². The molecule has 0 amide bonds. The predicted molar refractivity (Wildman–Crippen MR) is 66.9 cm³/mol. The molecule has 2 aromatic rings. The number of nitrogens with one attached hydrogen (secondary N) is 1. The largest absolute Gasteiger partial charge is 0.387 e. The van der Waals surface area contributed by atoms with Gasteiger partial charge >= 0.3 is 0 Å². The fraction of sp³-hybridized carbons (Fsp3) is 0.167. The summed E-state index contributed by atoms with van der Waals surface area (Å²) in [5.74, 6) is 0.494. The lowest BCUT2D eigenvalue weighted by molar-refractivity contribution is 0.191. The normalized spacial score (nSPS) is 12.1. The molecule has 17 heavy (non-hydrogen) atoms. The number of anilines is 1. The highest BCUT2D eigenvalue weighted by Crippen LogP contribution is 2.17. The molecular weight excluding hydrogens is 238 g/mol. The van der Waals surface area contributed by atoms with Crippen LogP contribution in [-0.4, -0.2) is 21.6 Å². The number of nitrogens with zero attached hydrogens (tertiary/aromatic N) is 2. The van der Waals surface area contributed by atoms with Gasteiger partial charge in [-0.25, -0.2) is 9.97 Å². The molecule has 1 heterocycles. The molecule has 5 heteroatoms. The number of hydrogen-bond donors (Lipinski definition) is 2. The zero-order valence-corrected chi connectivity index (χ0v) is 9.80. The average Bonchev–Trinajstić information content (AvgIpc) is 2.37. The molecule has 0 aliphatic rings. The predicted octanol–water partition coefficient (Wildman–Crippen LogP) is 2.28. The molecular formula is C12H12ClN3O. The lowest BCUT2D eigenvalue weighted by Crippen LogP contribution is -2.13. The van der Waals surface area contributed by atoms with Crippen molar-refractivity contribution in [3.05, 3.63) is 53.3 Å². The third-order valence-electron chi connectivity index (χ3n) is 2.25. The Kier molecular flexibility index (Phi) is 3.90. The fourth-order valence-corrected chi connectivity index (χ4v) is 1.61. The van der Waals surface area contributed by atoms with Gasteiger partial charge in [0.2, 0.25) is 5.95 Å². The summed E-state index contributed by atoms with van der Waals surface area (Å²) in [4.78, 5) is 8.01. The summed E-state index contributed by atoms with van der Waals surface area (Å²) in [6, 6.07) is 8.87. The van der Waals surface area contributed by atoms with Crippen LogP contribution in [0, 0.1) is 0 Å². The van der Waals surface area contributed by atoms with Crippen molar-refractivity contribution >= 4 is 17.5 Å². The van der Waals surface area contributed by atoms with E-state index in [2.05, 4.69) is 15.3 Å². The van der Waals surface area contributed by atoms with Gasteiger partial charge in [-0.2, -0.15) is 0 Å². The average molecular weight is 250 g/mol. The number of halogens is 1. The van der Waals surface area contributed by atoms with Crippen LogP contribution in [0.25, 0.3) is 0 Å². The van der Waals surface area contributed by atoms with Crippen LogP contribution >= 0.6 is 11.6 Å². The molecule has 1 aromatic carbocycles. The van der Waals surface area contributed by atoms with Gasteiger partial charge in [0.05, 0.1) is 6.10 Å². The van der Waals surface area contributed by atoms with Gasteiger partial charge in [0, 0.05) is 24.0 Å². The Morgan fingerprint density at radius 3 is 2.71 bits per heavy atom. The van der Waals surface area contributed by atoms with Crippen LogP contribution in [0.2, 0.25) is 5.02 Å². The first-order valence-electron chi connectivity index (χ1n) is 5.20. The lowest BCUT2D eigenvalue weighted by atomic mass is 10.1. The zero-order valence-electron chi connectivity index (χ0n) is 9.05. The van der Waals surface area contributed by atoms with Crippen LogP contribution < -0.4 is 5.32 Å². The van der Waals surface area contributed by atoms with Crippen molar-refractivity contribution in [3.8, 4) is 0 Å². The standard InChI is InChI=1S/C12H12ClN3O/c13-10-4-1-3-9(7-10)11(17)8-16-12-14-5-2-6-15-12/h1-7,11,17H,8H2,(H,14,15,16)/t11-/m0/s1. The van der Waals surface area contributed by atoms with Gasteiger partial charge in [0.1, 0.15) is 0 Å². The van der Waals surface area contributed by atoms with Crippen molar-refractivity contribution in [2.45, 2.75) is 6.10 Å². The lowest BCUT2D eigenvalue weighted by Gasteiger charge is -2.12. The van der Waals surface area contributed by atoms with Crippen molar-refractivity contribution in [3.63, 3.8) is 0 Å². The maximum absolute atomic E-state index is 9.93. The van der Waals surface area contributed by atoms with Crippen LogP contribution in [-0.2, 0) is 0 Å². The Bertz CT molecular complexity index is 478. The van der Waals surface area contributed by atoms with Gasteiger partial charge in [-0.05, 0) is 23.8 Å². The fourth-order valence-electron chi connectivity index (χ4n) is 1.41. The third kappa shape index (κ3) is 3.41. The molecule has 4 nitrogen and oxygen atoms in total. The van der Waals surface area contributed by atoms with Crippen LogP contribution in [0.15, 0.2) is 42.7 Å². The maximum Gasteiger partial charge on any atom is 0.222 e. The summed E-state index contributed by atoms with van der Waals surface area (Å²) in [6.07, 6.45) is 2.64. The Labute approximate surface area is 104 Å². The van der Waals surface area contributed by atoms with Crippen molar-refractivity contribution in [1.82, 2.24) is 9.97 Å². The summed E-state index contributed by atoms with van der Waals surface area (Å²) in [6.45, 7) is 0.338. The van der Waals surface area contributed by atoms with Gasteiger partial charge < -0.3 is 10.4 Å². The van der Waals surface area contributed by atoms with Crippen molar-refractivity contribution in [2.75, 3.05) is 11.9 Å². The van der Waals surface area contributed by atoms with Crippen molar-refractivity contribution < 1.29 is 5.11 Å². The van der Waals surface area contributed by atoms with E-state index in [1.807, 2.05) is 6.07 Å². The molecule has 0 saturated carbocycles. The molecule has 0 bridgehead atoms. The minimum Gasteiger partial charge on any atom is -0.387 e. The van der Waals surface area contributed by atoms with Gasteiger partial charge in [-0.3, -0.25) is 0 Å². The zero-order chi connectivity index (χ0) is 12.1. The molecule has 0 unspecified atom stereocenters. The molecule has 1 atom stereocenters. The first kappa shape index (κ1) is 11.8. The van der Waals surface area contributed by atoms with Crippen LogP contribution in [0.4, 0.5) is 5.95 Å². The van der Waals surface area contributed by atoms with E-state index in [0.29, 0.717) is 17.5 Å². The quantitative estimate of drug-likeness (QED) is 0.873. The Hall–Kier alpha value is -1.65. The topological polar surface area (TPSA) is 58.0 Å². The van der Waals surface area contributed by atoms with Crippen LogP contribution in [0.1, 0.15) is 11.7 Å². The minimum absolute atomic E-state index is 0.338. The second-order valence-electron chi connectivity index (χ2n) is 3.52. The van der Waals surface area contributed by atoms with Crippen LogP contribution in [0.5, 0.6) is 0 Å². The molecule has 88 valence electrons. The highest BCUT2D eigenvalue weighted by Gasteiger charge is 2.07. The monoisotopic (exact) mass is 249 g/mol. The number of rotatable bonds is 4. The molecule has 0 spiro atoms. The maximum atomic E-state index is 9.93. The first-order valence-corrected chi connectivity index (χ1v) is 5.58. The molecule has 0 saturated heterocycles. The van der Waals surface area contributed by atoms with E-state index >= 15 is 0 Å². The number of aliphatic hydroxyl groups excluding tert-OH is 1. The van der Waals surface area contributed by atoms with E-state index in [4.69, 9.17) is 11.6 Å². The number of aromatic nitrogens is 2. The third-order valence-corrected chi connectivity index (χ3v) is 2.49. The summed E-state index contributed by atoms with van der Waals surface area (Å²) in [5, 5.41) is 13.5. The van der Waals surface area contributed by atoms with Gasteiger partial charge in [0.15, 0.2) is 0 Å². The Morgan fingerprint density at radius 1 is 1.24 bits per heavy atom. The summed E-state index contributed by atoms with van der Waals surface area (Å²) < 4.78 is 0. The molecule has 0 fully saturated rings. The first-order chi connectivity index (χ1) is 8.25. The molecule has 2 N–H and O–H groups in total. The summed E-state index contributed by atoms with van der Waals surface area (Å²) >= 11 is 5.85. The Balaban J connectivity index is 1.96. The number of aliphatic hydroxyl groups is 1. The number of hydrogen-bond acceptors (Lipinski definition) is 4. The van der Waals surface area contributed by atoms with Crippen molar-refractivity contribution in [2.24, 2.45) is 0 Å². The number of benzene rings is 1. The highest BCUT2D eigenvalue weighted by atomic mass is 35.5. The molecule has 0 aliphatic carbocycles.